The molecule has 4 heteroatoms. The minimum Gasteiger partial charge on any atom is -0.323 e. The van der Waals surface area contributed by atoms with Gasteiger partial charge < -0.3 is 5.32 Å². The molecule has 1 aromatic heterocycles. The van der Waals surface area contributed by atoms with Gasteiger partial charge in [-0.1, -0.05) is 32.1 Å². The van der Waals surface area contributed by atoms with E-state index in [1.807, 2.05) is 13.8 Å². The van der Waals surface area contributed by atoms with Gasteiger partial charge >= 0.3 is 0 Å². The van der Waals surface area contributed by atoms with Crippen molar-refractivity contribution >= 4 is 11.6 Å². The summed E-state index contributed by atoms with van der Waals surface area (Å²) in [5, 5.41) is 9.93. The molecule has 1 fully saturated rings. The number of H-pyrrole nitrogens is 1. The zero-order valence-electron chi connectivity index (χ0n) is 12.1. The smallest absolute Gasteiger partial charge is 0.224 e. The van der Waals surface area contributed by atoms with E-state index < -0.39 is 0 Å². The number of hydrogen-bond donors (Lipinski definition) is 2. The molecule has 4 nitrogen and oxygen atoms in total. The van der Waals surface area contributed by atoms with Crippen molar-refractivity contribution in [3.8, 4) is 0 Å². The molecule has 0 aromatic carbocycles. The maximum atomic E-state index is 11.9. The number of anilines is 1. The number of aryl methyl sites for hydroxylation is 2. The van der Waals surface area contributed by atoms with Crippen molar-refractivity contribution in [3.63, 3.8) is 0 Å². The molecule has 1 aliphatic carbocycles. The van der Waals surface area contributed by atoms with Crippen LogP contribution in [0.3, 0.4) is 0 Å². The van der Waals surface area contributed by atoms with Crippen LogP contribution in [0.2, 0.25) is 0 Å². The first-order valence-corrected chi connectivity index (χ1v) is 7.48. The van der Waals surface area contributed by atoms with Gasteiger partial charge in [0.2, 0.25) is 5.91 Å². The zero-order chi connectivity index (χ0) is 13.7. The molecule has 0 radical (unpaired) electrons. The van der Waals surface area contributed by atoms with Crippen molar-refractivity contribution < 1.29 is 4.79 Å². The average molecular weight is 263 g/mol. The third kappa shape index (κ3) is 4.08. The Hall–Kier alpha value is -1.32. The van der Waals surface area contributed by atoms with Crippen LogP contribution in [0.15, 0.2) is 0 Å². The molecule has 1 heterocycles. The van der Waals surface area contributed by atoms with Gasteiger partial charge in [-0.2, -0.15) is 5.10 Å². The van der Waals surface area contributed by atoms with Crippen molar-refractivity contribution in [2.75, 3.05) is 5.32 Å². The summed E-state index contributed by atoms with van der Waals surface area (Å²) in [5.74, 6) is 0.974. The lowest BCUT2D eigenvalue weighted by Gasteiger charge is -2.21. The summed E-state index contributed by atoms with van der Waals surface area (Å²) in [7, 11) is 0. The first-order chi connectivity index (χ1) is 9.16. The second-order valence-electron chi connectivity index (χ2n) is 5.75. The molecule has 2 N–H and O–H groups in total. The van der Waals surface area contributed by atoms with Gasteiger partial charge in [-0.25, -0.2) is 0 Å². The number of carbonyl (C=O) groups is 1. The fourth-order valence-electron chi connectivity index (χ4n) is 2.96. The average Bonchev–Trinajstić information content (AvgIpc) is 2.72. The third-order valence-corrected chi connectivity index (χ3v) is 4.13. The molecule has 106 valence electrons. The molecule has 2 rings (SSSR count). The highest BCUT2D eigenvalue weighted by molar-refractivity contribution is 5.91. The van der Waals surface area contributed by atoms with Crippen LogP contribution in [0.1, 0.15) is 62.8 Å². The molecule has 0 bridgehead atoms. The molecule has 1 aliphatic rings. The molecule has 1 amide bonds. The van der Waals surface area contributed by atoms with E-state index in [2.05, 4.69) is 15.5 Å². The van der Waals surface area contributed by atoms with Crippen LogP contribution >= 0.6 is 0 Å². The standard InChI is InChI=1S/C15H25N3O/c1-11-15(12(2)18-17-11)16-14(19)10-6-9-13-7-4-3-5-8-13/h13H,3-10H2,1-2H3,(H,16,19)(H,17,18). The van der Waals surface area contributed by atoms with Gasteiger partial charge in [0.05, 0.1) is 17.1 Å². The van der Waals surface area contributed by atoms with Gasteiger partial charge in [0, 0.05) is 6.42 Å². The van der Waals surface area contributed by atoms with Gasteiger partial charge in [0.1, 0.15) is 0 Å². The maximum absolute atomic E-state index is 11.9. The van der Waals surface area contributed by atoms with Gasteiger partial charge in [-0.15, -0.1) is 0 Å². The topological polar surface area (TPSA) is 57.8 Å². The Morgan fingerprint density at radius 3 is 2.68 bits per heavy atom. The number of hydrogen-bond acceptors (Lipinski definition) is 2. The van der Waals surface area contributed by atoms with Crippen LogP contribution in [-0.2, 0) is 4.79 Å². The number of aromatic nitrogens is 2. The van der Waals surface area contributed by atoms with Crippen LogP contribution in [0.4, 0.5) is 5.69 Å². The van der Waals surface area contributed by atoms with Crippen LogP contribution in [-0.4, -0.2) is 16.1 Å². The molecular formula is C15H25N3O. The van der Waals surface area contributed by atoms with Gasteiger partial charge in [-0.05, 0) is 32.6 Å². The molecule has 19 heavy (non-hydrogen) atoms. The number of carbonyl (C=O) groups excluding carboxylic acids is 1. The Bertz CT molecular complexity index is 400. The van der Waals surface area contributed by atoms with E-state index in [0.29, 0.717) is 6.42 Å². The van der Waals surface area contributed by atoms with Crippen LogP contribution in [0.5, 0.6) is 0 Å². The fraction of sp³-hybridized carbons (Fsp3) is 0.733. The fourth-order valence-corrected chi connectivity index (χ4v) is 2.96. The van der Waals surface area contributed by atoms with Gasteiger partial charge in [0.15, 0.2) is 0 Å². The summed E-state index contributed by atoms with van der Waals surface area (Å²) in [6.07, 6.45) is 9.72. The highest BCUT2D eigenvalue weighted by Gasteiger charge is 2.14. The molecule has 0 atom stereocenters. The number of nitrogens with zero attached hydrogens (tertiary/aromatic N) is 1. The van der Waals surface area contributed by atoms with Crippen molar-refractivity contribution in [2.45, 2.75) is 65.2 Å². The number of aromatic amines is 1. The quantitative estimate of drug-likeness (QED) is 0.850. The Morgan fingerprint density at radius 1 is 1.32 bits per heavy atom. The Balaban J connectivity index is 1.70. The lowest BCUT2D eigenvalue weighted by molar-refractivity contribution is -0.116. The molecule has 0 spiro atoms. The summed E-state index contributed by atoms with van der Waals surface area (Å²) in [5.41, 5.74) is 2.64. The highest BCUT2D eigenvalue weighted by Crippen LogP contribution is 2.27. The first kappa shape index (κ1) is 14.1. The molecule has 0 aliphatic heterocycles. The number of nitrogens with one attached hydrogen (secondary N) is 2. The van der Waals surface area contributed by atoms with Crippen LogP contribution in [0, 0.1) is 19.8 Å². The summed E-state index contributed by atoms with van der Waals surface area (Å²) in [6.45, 7) is 3.83. The molecule has 0 saturated heterocycles. The van der Waals surface area contributed by atoms with E-state index in [1.54, 1.807) is 0 Å². The van der Waals surface area contributed by atoms with E-state index in [-0.39, 0.29) is 5.91 Å². The van der Waals surface area contributed by atoms with Crippen LogP contribution < -0.4 is 5.32 Å². The lowest BCUT2D eigenvalue weighted by atomic mass is 9.86. The predicted molar refractivity (Wildman–Crippen MR) is 77.1 cm³/mol. The highest BCUT2D eigenvalue weighted by atomic mass is 16.1. The first-order valence-electron chi connectivity index (χ1n) is 7.48. The predicted octanol–water partition coefficient (Wildman–Crippen LogP) is 3.72. The van der Waals surface area contributed by atoms with Gasteiger partial charge in [0.25, 0.3) is 0 Å². The summed E-state index contributed by atoms with van der Waals surface area (Å²) >= 11 is 0. The molecule has 1 saturated carbocycles. The summed E-state index contributed by atoms with van der Waals surface area (Å²) < 4.78 is 0. The van der Waals surface area contributed by atoms with E-state index in [9.17, 15) is 4.79 Å². The summed E-state index contributed by atoms with van der Waals surface area (Å²) in [6, 6.07) is 0. The largest absolute Gasteiger partial charge is 0.323 e. The van der Waals surface area contributed by atoms with E-state index in [0.717, 1.165) is 29.4 Å². The number of rotatable bonds is 5. The van der Waals surface area contributed by atoms with E-state index >= 15 is 0 Å². The minimum atomic E-state index is 0.114. The SMILES string of the molecule is Cc1n[nH]c(C)c1NC(=O)CCCC1CCCCC1. The second kappa shape index (κ2) is 6.73. The summed E-state index contributed by atoms with van der Waals surface area (Å²) in [4.78, 5) is 11.9. The monoisotopic (exact) mass is 263 g/mol. The Morgan fingerprint density at radius 2 is 2.05 bits per heavy atom. The van der Waals surface area contributed by atoms with Crippen molar-refractivity contribution in [3.05, 3.63) is 11.4 Å². The maximum Gasteiger partial charge on any atom is 0.224 e. The second-order valence-corrected chi connectivity index (χ2v) is 5.75. The van der Waals surface area contributed by atoms with Crippen molar-refractivity contribution in [1.82, 2.24) is 10.2 Å². The Labute approximate surface area is 115 Å². The van der Waals surface area contributed by atoms with E-state index in [4.69, 9.17) is 0 Å². The van der Waals surface area contributed by atoms with Crippen molar-refractivity contribution in [2.24, 2.45) is 5.92 Å². The molecular weight excluding hydrogens is 238 g/mol. The van der Waals surface area contributed by atoms with Crippen LogP contribution in [0.25, 0.3) is 0 Å². The zero-order valence-corrected chi connectivity index (χ0v) is 12.1. The number of amides is 1. The Kier molecular flexibility index (Phi) is 5.00. The minimum absolute atomic E-state index is 0.114. The van der Waals surface area contributed by atoms with E-state index in [1.165, 1.54) is 38.5 Å². The lowest BCUT2D eigenvalue weighted by Crippen LogP contribution is -2.13. The normalized spacial score (nSPS) is 16.5. The third-order valence-electron chi connectivity index (χ3n) is 4.13. The molecule has 1 aromatic rings. The van der Waals surface area contributed by atoms with Crippen molar-refractivity contribution in [1.29, 1.82) is 0 Å². The van der Waals surface area contributed by atoms with Gasteiger partial charge in [-0.3, -0.25) is 9.89 Å². The molecule has 0 unspecified atom stereocenters.